The van der Waals surface area contributed by atoms with Crippen molar-refractivity contribution in [1.82, 2.24) is 0 Å². The van der Waals surface area contributed by atoms with E-state index in [1.807, 2.05) is 0 Å². The topological polar surface area (TPSA) is 27.7 Å². The Bertz CT molecular complexity index is 734. The molecule has 3 aliphatic rings. The highest BCUT2D eigenvalue weighted by molar-refractivity contribution is 6.68. The van der Waals surface area contributed by atoms with Crippen molar-refractivity contribution in [2.24, 2.45) is 0 Å². The molecule has 3 saturated heterocycles. The van der Waals surface area contributed by atoms with E-state index in [1.54, 1.807) is 5.56 Å². The molecule has 0 spiro atoms. The predicted octanol–water partition coefficient (Wildman–Crippen LogP) is 5.01. The fourth-order valence-corrected chi connectivity index (χ4v) is 12.0. The summed E-state index contributed by atoms with van der Waals surface area (Å²) < 4.78 is 18.9. The Hall–Kier alpha value is -0.509. The first-order chi connectivity index (χ1) is 14.6. The highest BCUT2D eigenvalue weighted by Crippen LogP contribution is 2.32. The lowest BCUT2D eigenvalue weighted by atomic mass is 9.94. The van der Waals surface area contributed by atoms with Crippen molar-refractivity contribution in [3.05, 3.63) is 34.9 Å². The molecule has 30 heavy (non-hydrogen) atoms. The Morgan fingerprint density at radius 2 is 1.50 bits per heavy atom. The van der Waals surface area contributed by atoms with Gasteiger partial charge in [-0.1, -0.05) is 31.9 Å². The highest BCUT2D eigenvalue weighted by atomic mass is 28.3. The first-order valence-electron chi connectivity index (χ1n) is 11.9. The maximum atomic E-state index is 6.40. The molecular formula is C24H37O3Si3. The molecular weight excluding hydrogens is 421 g/mol. The minimum absolute atomic E-state index is 0.755. The molecule has 0 aromatic heterocycles. The standard InChI is InChI=1S/C24H37O3Si3/c1-19-16-23(30-15-9-6-12-27-30)22(18-29-14-8-5-11-26-29)24(21(19)3)20(2)17-28-13-7-4-10-25-28/h16H,2,4-15,17-18H2,1,3H3. The lowest BCUT2D eigenvalue weighted by Crippen LogP contribution is -2.41. The van der Waals surface area contributed by atoms with Gasteiger partial charge >= 0.3 is 0 Å². The number of benzene rings is 1. The second kappa shape index (κ2) is 10.9. The first kappa shape index (κ1) is 22.7. The van der Waals surface area contributed by atoms with Gasteiger partial charge in [0.2, 0.25) is 27.1 Å². The van der Waals surface area contributed by atoms with E-state index >= 15 is 0 Å². The van der Waals surface area contributed by atoms with Crippen LogP contribution in [0.3, 0.4) is 0 Å². The number of allylic oxidation sites excluding steroid dienone is 1. The van der Waals surface area contributed by atoms with Crippen LogP contribution in [0.1, 0.15) is 60.8 Å². The van der Waals surface area contributed by atoms with Crippen LogP contribution in [0.15, 0.2) is 12.6 Å². The van der Waals surface area contributed by atoms with Gasteiger partial charge in [0.1, 0.15) is 0 Å². The maximum Gasteiger partial charge on any atom is 0.247 e. The Balaban J connectivity index is 1.69. The van der Waals surface area contributed by atoms with Gasteiger partial charge in [0.25, 0.3) is 0 Å². The quantitative estimate of drug-likeness (QED) is 0.562. The molecule has 0 N–H and O–H groups in total. The summed E-state index contributed by atoms with van der Waals surface area (Å²) in [6, 6.07) is 8.45. The predicted molar refractivity (Wildman–Crippen MR) is 130 cm³/mol. The van der Waals surface area contributed by atoms with Gasteiger partial charge in [-0.2, -0.15) is 0 Å². The molecule has 3 nitrogen and oxygen atoms in total. The normalized spacial score (nSPS) is 22.3. The molecule has 3 fully saturated rings. The number of aryl methyl sites for hydroxylation is 1. The number of hydrogen-bond acceptors (Lipinski definition) is 3. The van der Waals surface area contributed by atoms with Crippen LogP contribution in [0.4, 0.5) is 0 Å². The highest BCUT2D eigenvalue weighted by Gasteiger charge is 2.30. The van der Waals surface area contributed by atoms with Crippen LogP contribution in [-0.4, -0.2) is 46.9 Å². The molecule has 4 rings (SSSR count). The van der Waals surface area contributed by atoms with Gasteiger partial charge in [-0.3, -0.25) is 0 Å². The number of rotatable bonds is 6. The van der Waals surface area contributed by atoms with E-state index < -0.39 is 27.1 Å². The van der Waals surface area contributed by atoms with E-state index in [2.05, 4.69) is 26.5 Å². The molecule has 0 aliphatic carbocycles. The lowest BCUT2D eigenvalue weighted by Gasteiger charge is -2.30. The van der Waals surface area contributed by atoms with E-state index in [0.717, 1.165) is 31.9 Å². The molecule has 6 heteroatoms. The third kappa shape index (κ3) is 5.45. The van der Waals surface area contributed by atoms with Crippen LogP contribution in [0.2, 0.25) is 24.2 Å². The van der Waals surface area contributed by atoms with Crippen LogP contribution in [0.5, 0.6) is 0 Å². The smallest absolute Gasteiger partial charge is 0.247 e. The molecule has 163 valence electrons. The van der Waals surface area contributed by atoms with Gasteiger partial charge in [-0.15, -0.1) is 0 Å². The molecule has 3 radical (unpaired) electrons. The summed E-state index contributed by atoms with van der Waals surface area (Å²) in [6.45, 7) is 12.1. The third-order valence-electron chi connectivity index (χ3n) is 6.78. The van der Waals surface area contributed by atoms with Gasteiger partial charge in [-0.05, 0) is 96.3 Å². The zero-order chi connectivity index (χ0) is 20.9. The average Bonchev–Trinajstić information content (AvgIpc) is 2.78. The second-order valence-corrected chi connectivity index (χ2v) is 15.7. The van der Waals surface area contributed by atoms with Crippen LogP contribution in [0, 0.1) is 13.8 Å². The largest absolute Gasteiger partial charge is 0.416 e. The zero-order valence-electron chi connectivity index (χ0n) is 18.9. The first-order valence-corrected chi connectivity index (χ1v) is 17.1. The van der Waals surface area contributed by atoms with Crippen molar-refractivity contribution in [3.63, 3.8) is 0 Å². The Morgan fingerprint density at radius 3 is 2.10 bits per heavy atom. The molecule has 0 saturated carbocycles. The summed E-state index contributed by atoms with van der Waals surface area (Å²) in [5, 5.41) is 1.53. The van der Waals surface area contributed by atoms with Crippen molar-refractivity contribution in [1.29, 1.82) is 0 Å². The van der Waals surface area contributed by atoms with Gasteiger partial charge < -0.3 is 13.3 Å². The number of hydrogen-bond donors (Lipinski definition) is 0. The second-order valence-electron chi connectivity index (χ2n) is 9.09. The fraction of sp³-hybridized carbons (Fsp3) is 0.667. The molecule has 3 aliphatic heterocycles. The SMILES string of the molecule is C=C(C[Si]1CCCCO1)c1c(C)c(C)cc([Si]2CCCCO2)c1C[Si]1CCCCO1. The Morgan fingerprint density at radius 1 is 0.867 bits per heavy atom. The molecule has 0 amide bonds. The summed E-state index contributed by atoms with van der Waals surface area (Å²) >= 11 is 0. The summed E-state index contributed by atoms with van der Waals surface area (Å²) in [7, 11) is -2.47. The molecule has 0 bridgehead atoms. The van der Waals surface area contributed by atoms with Crippen LogP contribution >= 0.6 is 0 Å². The Labute approximate surface area is 188 Å². The molecule has 1 aromatic rings. The average molecular weight is 458 g/mol. The summed E-state index contributed by atoms with van der Waals surface area (Å²) in [6.07, 6.45) is 7.65. The van der Waals surface area contributed by atoms with Crippen molar-refractivity contribution in [2.75, 3.05) is 19.8 Å². The van der Waals surface area contributed by atoms with E-state index in [0.29, 0.717) is 0 Å². The van der Waals surface area contributed by atoms with E-state index in [1.165, 1.54) is 84.1 Å². The summed E-state index contributed by atoms with van der Waals surface area (Å²) in [5.74, 6) is 0. The minimum Gasteiger partial charge on any atom is -0.416 e. The van der Waals surface area contributed by atoms with Crippen LogP contribution < -0.4 is 5.19 Å². The molecule has 3 heterocycles. The molecule has 0 unspecified atom stereocenters. The van der Waals surface area contributed by atoms with Gasteiger partial charge in [0.05, 0.1) is 0 Å². The monoisotopic (exact) mass is 457 g/mol. The van der Waals surface area contributed by atoms with E-state index in [9.17, 15) is 0 Å². The zero-order valence-corrected chi connectivity index (χ0v) is 21.9. The minimum atomic E-state index is -0.934. The Kier molecular flexibility index (Phi) is 8.22. The third-order valence-corrected chi connectivity index (χ3v) is 13.8. The lowest BCUT2D eigenvalue weighted by molar-refractivity contribution is 0.286. The maximum absolute atomic E-state index is 6.40. The van der Waals surface area contributed by atoms with Crippen molar-refractivity contribution < 1.29 is 13.3 Å². The van der Waals surface area contributed by atoms with E-state index in [-0.39, 0.29) is 0 Å². The van der Waals surface area contributed by atoms with Crippen molar-refractivity contribution >= 4 is 37.9 Å². The van der Waals surface area contributed by atoms with Crippen LogP contribution in [0.25, 0.3) is 5.57 Å². The fourth-order valence-electron chi connectivity index (χ4n) is 4.98. The summed E-state index contributed by atoms with van der Waals surface area (Å²) in [4.78, 5) is 0. The van der Waals surface area contributed by atoms with Crippen LogP contribution in [-0.2, 0) is 19.3 Å². The van der Waals surface area contributed by atoms with Crippen molar-refractivity contribution in [2.45, 2.75) is 82.6 Å². The molecule has 1 aromatic carbocycles. The molecule has 0 atom stereocenters. The summed E-state index contributed by atoms with van der Waals surface area (Å²) in [5.41, 5.74) is 7.15. The van der Waals surface area contributed by atoms with Crippen molar-refractivity contribution in [3.8, 4) is 0 Å². The van der Waals surface area contributed by atoms with Gasteiger partial charge in [0, 0.05) is 19.8 Å². The van der Waals surface area contributed by atoms with Gasteiger partial charge in [0.15, 0.2) is 0 Å². The van der Waals surface area contributed by atoms with E-state index in [4.69, 9.17) is 13.3 Å². The van der Waals surface area contributed by atoms with Gasteiger partial charge in [-0.25, -0.2) is 0 Å².